The van der Waals surface area contributed by atoms with Crippen LogP contribution in [0.5, 0.6) is 0 Å². The van der Waals surface area contributed by atoms with Crippen molar-refractivity contribution in [1.29, 1.82) is 0 Å². The first-order valence-corrected chi connectivity index (χ1v) is 10.4. The normalized spacial score (nSPS) is 16.5. The maximum absolute atomic E-state index is 13.3. The standard InChI is InChI=1S/C22H25FN8O/c1-14(16-3-5-17(23)6-4-16)26-22-29-19(28-20-12-24-8-9-25-20)11-21(30-22)31-10-7-18(13-31)27-15(2)32/h3-6,8-9,11-12,14,18H,7,10,13H2,1-2H3,(H,27,32)(H2,25,26,28,29,30)/t14?,18-/m0/s1. The zero-order valence-electron chi connectivity index (χ0n) is 17.9. The largest absolute Gasteiger partial charge is 0.354 e. The number of carbonyl (C=O) groups is 1. The average molecular weight is 436 g/mol. The molecule has 0 spiro atoms. The number of amides is 1. The number of halogens is 1. The predicted octanol–water partition coefficient (Wildman–Crippen LogP) is 3.04. The van der Waals surface area contributed by atoms with Gasteiger partial charge in [-0.25, -0.2) is 9.37 Å². The molecule has 2 atom stereocenters. The number of rotatable bonds is 7. The van der Waals surface area contributed by atoms with Gasteiger partial charge in [0.15, 0.2) is 0 Å². The minimum atomic E-state index is -0.280. The van der Waals surface area contributed by atoms with E-state index in [9.17, 15) is 9.18 Å². The predicted molar refractivity (Wildman–Crippen MR) is 120 cm³/mol. The first-order chi connectivity index (χ1) is 15.5. The van der Waals surface area contributed by atoms with E-state index in [1.54, 1.807) is 30.7 Å². The summed E-state index contributed by atoms with van der Waals surface area (Å²) in [6, 6.07) is 8.10. The zero-order chi connectivity index (χ0) is 22.5. The fraction of sp³-hybridized carbons (Fsp3) is 0.318. The molecule has 1 aliphatic heterocycles. The van der Waals surface area contributed by atoms with Crippen LogP contribution >= 0.6 is 0 Å². The summed E-state index contributed by atoms with van der Waals surface area (Å²) in [6.45, 7) is 4.91. The third-order valence-electron chi connectivity index (χ3n) is 5.17. The molecule has 10 heteroatoms. The summed E-state index contributed by atoms with van der Waals surface area (Å²) in [5.41, 5.74) is 0.913. The van der Waals surface area contributed by atoms with Gasteiger partial charge in [-0.2, -0.15) is 9.97 Å². The molecule has 9 nitrogen and oxygen atoms in total. The van der Waals surface area contributed by atoms with Gasteiger partial charge in [-0.05, 0) is 31.0 Å². The van der Waals surface area contributed by atoms with Gasteiger partial charge in [0.1, 0.15) is 23.3 Å². The van der Waals surface area contributed by atoms with E-state index in [1.165, 1.54) is 19.1 Å². The summed E-state index contributed by atoms with van der Waals surface area (Å²) in [7, 11) is 0. The van der Waals surface area contributed by atoms with Gasteiger partial charge in [-0.3, -0.25) is 9.78 Å². The van der Waals surface area contributed by atoms with E-state index in [-0.39, 0.29) is 23.8 Å². The molecule has 1 fully saturated rings. The lowest BCUT2D eigenvalue weighted by atomic mass is 10.1. The smallest absolute Gasteiger partial charge is 0.227 e. The summed E-state index contributed by atoms with van der Waals surface area (Å²) in [6.07, 6.45) is 5.64. The second-order valence-electron chi connectivity index (χ2n) is 7.70. The van der Waals surface area contributed by atoms with Crippen molar-refractivity contribution in [1.82, 2.24) is 25.3 Å². The quantitative estimate of drug-likeness (QED) is 0.519. The van der Waals surface area contributed by atoms with Gasteiger partial charge in [0, 0.05) is 44.5 Å². The highest BCUT2D eigenvalue weighted by Gasteiger charge is 2.25. The van der Waals surface area contributed by atoms with Crippen LogP contribution in [0, 0.1) is 5.82 Å². The molecule has 32 heavy (non-hydrogen) atoms. The van der Waals surface area contributed by atoms with Crippen LogP contribution in [0.3, 0.4) is 0 Å². The Balaban J connectivity index is 1.58. The van der Waals surface area contributed by atoms with Gasteiger partial charge < -0.3 is 20.9 Å². The van der Waals surface area contributed by atoms with Crippen molar-refractivity contribution in [2.24, 2.45) is 0 Å². The molecule has 4 rings (SSSR count). The summed E-state index contributed by atoms with van der Waals surface area (Å²) in [5.74, 6) is 1.96. The topological polar surface area (TPSA) is 108 Å². The van der Waals surface area contributed by atoms with Crippen LogP contribution in [-0.2, 0) is 4.79 Å². The van der Waals surface area contributed by atoms with Gasteiger partial charge in [0.25, 0.3) is 0 Å². The average Bonchev–Trinajstić information content (AvgIpc) is 3.22. The Morgan fingerprint density at radius 3 is 2.72 bits per heavy atom. The molecular formula is C22H25FN8O. The number of nitrogens with zero attached hydrogens (tertiary/aromatic N) is 5. The maximum Gasteiger partial charge on any atom is 0.227 e. The minimum Gasteiger partial charge on any atom is -0.354 e. The molecular weight excluding hydrogens is 411 g/mol. The van der Waals surface area contributed by atoms with Gasteiger partial charge in [-0.1, -0.05) is 12.1 Å². The molecule has 0 radical (unpaired) electrons. The van der Waals surface area contributed by atoms with Crippen molar-refractivity contribution in [3.63, 3.8) is 0 Å². The highest BCUT2D eigenvalue weighted by molar-refractivity contribution is 5.73. The van der Waals surface area contributed by atoms with Crippen LogP contribution in [0.15, 0.2) is 48.9 Å². The minimum absolute atomic E-state index is 0.0416. The van der Waals surface area contributed by atoms with Crippen LogP contribution in [0.1, 0.15) is 31.9 Å². The molecule has 0 saturated carbocycles. The summed E-state index contributed by atoms with van der Waals surface area (Å²) in [4.78, 5) is 31.1. The molecule has 0 bridgehead atoms. The van der Waals surface area contributed by atoms with Crippen molar-refractivity contribution in [2.75, 3.05) is 28.6 Å². The van der Waals surface area contributed by atoms with Crippen molar-refractivity contribution >= 4 is 29.3 Å². The Morgan fingerprint density at radius 1 is 1.19 bits per heavy atom. The third-order valence-corrected chi connectivity index (χ3v) is 5.17. The van der Waals surface area contributed by atoms with Crippen LogP contribution in [0.2, 0.25) is 0 Å². The van der Waals surface area contributed by atoms with E-state index in [0.29, 0.717) is 24.1 Å². The van der Waals surface area contributed by atoms with Gasteiger partial charge >= 0.3 is 0 Å². The number of hydrogen-bond acceptors (Lipinski definition) is 8. The summed E-state index contributed by atoms with van der Waals surface area (Å²) < 4.78 is 13.3. The van der Waals surface area contributed by atoms with Crippen molar-refractivity contribution < 1.29 is 9.18 Å². The SMILES string of the molecule is CC(=O)N[C@H]1CCN(c2cc(Nc3cnccn3)nc(NC(C)c3ccc(F)cc3)n2)C1. The molecule has 1 amide bonds. The summed E-state index contributed by atoms with van der Waals surface area (Å²) in [5, 5.41) is 9.42. The molecule has 1 aliphatic rings. The first kappa shape index (κ1) is 21.4. The number of nitrogens with one attached hydrogen (secondary N) is 3. The molecule has 3 N–H and O–H groups in total. The van der Waals surface area contributed by atoms with E-state index in [2.05, 4.69) is 35.8 Å². The lowest BCUT2D eigenvalue weighted by molar-refractivity contribution is -0.119. The zero-order valence-corrected chi connectivity index (χ0v) is 17.9. The third kappa shape index (κ3) is 5.45. The highest BCUT2D eigenvalue weighted by Crippen LogP contribution is 2.26. The van der Waals surface area contributed by atoms with E-state index >= 15 is 0 Å². The van der Waals surface area contributed by atoms with Crippen LogP contribution in [-0.4, -0.2) is 45.0 Å². The lowest BCUT2D eigenvalue weighted by Crippen LogP contribution is -2.35. The van der Waals surface area contributed by atoms with Crippen LogP contribution in [0.25, 0.3) is 0 Å². The molecule has 2 aromatic heterocycles. The lowest BCUT2D eigenvalue weighted by Gasteiger charge is -2.21. The fourth-order valence-corrected chi connectivity index (χ4v) is 3.62. The Kier molecular flexibility index (Phi) is 6.39. The Morgan fingerprint density at radius 2 is 2.00 bits per heavy atom. The van der Waals surface area contributed by atoms with E-state index in [4.69, 9.17) is 4.98 Å². The van der Waals surface area contributed by atoms with Gasteiger partial charge in [-0.15, -0.1) is 0 Å². The number of benzene rings is 1. The van der Waals surface area contributed by atoms with Gasteiger partial charge in [0.05, 0.1) is 12.2 Å². The van der Waals surface area contributed by atoms with E-state index < -0.39 is 0 Å². The van der Waals surface area contributed by atoms with Crippen molar-refractivity contribution in [2.45, 2.75) is 32.4 Å². The number of carbonyl (C=O) groups excluding carboxylic acids is 1. The molecule has 1 aromatic carbocycles. The number of anilines is 4. The number of aromatic nitrogens is 4. The Hall–Kier alpha value is -3.82. The van der Waals surface area contributed by atoms with E-state index in [0.717, 1.165) is 24.3 Å². The van der Waals surface area contributed by atoms with Crippen LogP contribution in [0.4, 0.5) is 27.8 Å². The van der Waals surface area contributed by atoms with Crippen LogP contribution < -0.4 is 20.9 Å². The maximum atomic E-state index is 13.3. The first-order valence-electron chi connectivity index (χ1n) is 10.4. The fourth-order valence-electron chi connectivity index (χ4n) is 3.62. The molecule has 0 aliphatic carbocycles. The van der Waals surface area contributed by atoms with Gasteiger partial charge in [0.2, 0.25) is 11.9 Å². The molecule has 1 unspecified atom stereocenters. The highest BCUT2D eigenvalue weighted by atomic mass is 19.1. The number of hydrogen-bond donors (Lipinski definition) is 3. The molecule has 3 aromatic rings. The Bertz CT molecular complexity index is 1060. The second kappa shape index (κ2) is 9.54. The van der Waals surface area contributed by atoms with E-state index in [1.807, 2.05) is 13.0 Å². The monoisotopic (exact) mass is 436 g/mol. The Labute approximate surface area is 185 Å². The second-order valence-corrected chi connectivity index (χ2v) is 7.70. The molecule has 1 saturated heterocycles. The molecule has 166 valence electrons. The summed E-state index contributed by atoms with van der Waals surface area (Å²) >= 11 is 0. The van der Waals surface area contributed by atoms with Crippen molar-refractivity contribution in [3.8, 4) is 0 Å². The van der Waals surface area contributed by atoms with Crippen molar-refractivity contribution in [3.05, 3.63) is 60.3 Å². The molecule has 3 heterocycles.